The molecule has 0 aliphatic heterocycles. The third-order valence-corrected chi connectivity index (χ3v) is 1.70. The lowest BCUT2D eigenvalue weighted by Crippen LogP contribution is -2.34. The van der Waals surface area contributed by atoms with Crippen LogP contribution in [0.5, 0.6) is 0 Å². The van der Waals surface area contributed by atoms with Gasteiger partial charge >= 0.3 is 0 Å². The normalized spacial score (nSPS) is 9.50. The number of nitrogens with one attached hydrogen (secondary N) is 1. The highest BCUT2D eigenvalue weighted by Gasteiger charge is 2.14. The van der Waals surface area contributed by atoms with Crippen molar-refractivity contribution in [2.75, 3.05) is 12.3 Å². The molecule has 2 amide bonds. The molecule has 16 heavy (non-hydrogen) atoms. The van der Waals surface area contributed by atoms with Crippen molar-refractivity contribution in [1.82, 2.24) is 5.32 Å². The maximum absolute atomic E-state index is 11.4. The predicted octanol–water partition coefficient (Wildman–Crippen LogP) is -0.198. The van der Waals surface area contributed by atoms with E-state index in [-0.39, 0.29) is 5.56 Å². The molecule has 84 valence electrons. The van der Waals surface area contributed by atoms with Crippen LogP contribution in [-0.2, 0) is 4.79 Å². The molecule has 1 rings (SSSR count). The van der Waals surface area contributed by atoms with Crippen LogP contribution in [0.25, 0.3) is 0 Å². The van der Waals surface area contributed by atoms with Gasteiger partial charge in [0.1, 0.15) is 0 Å². The van der Waals surface area contributed by atoms with E-state index in [0.717, 1.165) is 0 Å². The van der Waals surface area contributed by atoms with Crippen LogP contribution >= 0.6 is 0 Å². The van der Waals surface area contributed by atoms with Gasteiger partial charge in [0.25, 0.3) is 18.4 Å². The van der Waals surface area contributed by atoms with Gasteiger partial charge in [0.15, 0.2) is 0 Å². The Bertz CT molecular complexity index is 427. The fourth-order valence-electron chi connectivity index (χ4n) is 0.990. The summed E-state index contributed by atoms with van der Waals surface area (Å²) in [5.74, 6) is -1.64. The van der Waals surface area contributed by atoms with Crippen LogP contribution in [0.4, 0.5) is 5.69 Å². The molecule has 3 N–H and O–H groups in total. The Labute approximate surface area is 90.4 Å². The van der Waals surface area contributed by atoms with Crippen molar-refractivity contribution >= 4 is 17.5 Å². The molecule has 0 aliphatic carbocycles. The number of anilines is 1. The number of hydrogen-bond donors (Lipinski definition) is 2. The van der Waals surface area contributed by atoms with Crippen LogP contribution in [-0.4, -0.2) is 23.3 Å². The Morgan fingerprint density at radius 1 is 1.31 bits per heavy atom. The molecule has 0 aliphatic rings. The molecule has 0 heterocycles. The zero-order chi connectivity index (χ0) is 12.1. The summed E-state index contributed by atoms with van der Waals surface area (Å²) in [4.78, 5) is 31.4. The zero-order valence-electron chi connectivity index (χ0n) is 8.17. The molecular weight excluding hydrogens is 214 g/mol. The van der Waals surface area contributed by atoms with E-state index in [1.54, 1.807) is 0 Å². The minimum atomic E-state index is -0.952. The Balaban J connectivity index is 2.62. The average molecular weight is 223 g/mol. The lowest BCUT2D eigenvalue weighted by atomic mass is 10.2. The van der Waals surface area contributed by atoms with Gasteiger partial charge < -0.3 is 5.73 Å². The number of carbonyl (C=O) groups is 2. The van der Waals surface area contributed by atoms with E-state index in [9.17, 15) is 19.7 Å². The molecule has 0 fully saturated rings. The first kappa shape index (κ1) is 11.6. The molecule has 7 heteroatoms. The molecule has 0 unspecified atom stereocenters. The highest BCUT2D eigenvalue weighted by molar-refractivity contribution is 6.05. The largest absolute Gasteiger partial charge is 0.399 e. The number of imide groups is 1. The fourth-order valence-corrected chi connectivity index (χ4v) is 0.990. The number of nitrogens with two attached hydrogens (primary N) is 1. The van der Waals surface area contributed by atoms with E-state index in [0.29, 0.717) is 5.69 Å². The first-order valence-electron chi connectivity index (χ1n) is 4.30. The smallest absolute Gasteiger partial charge is 0.298 e. The van der Waals surface area contributed by atoms with Crippen molar-refractivity contribution < 1.29 is 14.5 Å². The summed E-state index contributed by atoms with van der Waals surface area (Å²) in [6.45, 7) is -0.930. The summed E-state index contributed by atoms with van der Waals surface area (Å²) in [6, 6.07) is 5.83. The number of nitrogen functional groups attached to an aromatic ring is 1. The third kappa shape index (κ3) is 3.37. The maximum Gasteiger partial charge on any atom is 0.298 e. The predicted molar refractivity (Wildman–Crippen MR) is 55.2 cm³/mol. The van der Waals surface area contributed by atoms with E-state index in [1.807, 2.05) is 5.32 Å². The monoisotopic (exact) mass is 223 g/mol. The van der Waals surface area contributed by atoms with Crippen LogP contribution in [0.2, 0.25) is 0 Å². The first-order chi connectivity index (χ1) is 7.49. The van der Waals surface area contributed by atoms with Gasteiger partial charge in [0.2, 0.25) is 0 Å². The number of nitrogens with zero attached hydrogens (tertiary/aromatic N) is 1. The van der Waals surface area contributed by atoms with Crippen LogP contribution < -0.4 is 11.1 Å². The molecule has 0 bridgehead atoms. The van der Waals surface area contributed by atoms with Gasteiger partial charge in [-0.25, -0.2) is 0 Å². The number of carbonyl (C=O) groups excluding carboxylic acids is 2. The molecule has 0 saturated heterocycles. The second kappa shape index (κ2) is 4.87. The molecule has 1 aromatic rings. The molecule has 0 aromatic heterocycles. The van der Waals surface area contributed by atoms with Crippen molar-refractivity contribution in [1.29, 1.82) is 0 Å². The number of amides is 2. The van der Waals surface area contributed by atoms with E-state index in [4.69, 9.17) is 5.73 Å². The fraction of sp³-hybridized carbons (Fsp3) is 0.111. The summed E-state index contributed by atoms with van der Waals surface area (Å²) in [7, 11) is 0. The maximum atomic E-state index is 11.4. The number of hydrogen-bond acceptors (Lipinski definition) is 5. The molecule has 0 saturated carbocycles. The van der Waals surface area contributed by atoms with E-state index in [1.165, 1.54) is 24.3 Å². The second-order valence-corrected chi connectivity index (χ2v) is 2.99. The number of benzene rings is 1. The van der Waals surface area contributed by atoms with Crippen molar-refractivity contribution in [3.63, 3.8) is 0 Å². The number of rotatable bonds is 3. The summed E-state index contributed by atoms with van der Waals surface area (Å²) in [6.07, 6.45) is 0. The third-order valence-electron chi connectivity index (χ3n) is 1.70. The van der Waals surface area contributed by atoms with E-state index < -0.39 is 23.3 Å². The summed E-state index contributed by atoms with van der Waals surface area (Å²) in [5.41, 5.74) is 6.10. The van der Waals surface area contributed by atoms with Gasteiger partial charge in [-0.1, -0.05) is 0 Å². The lowest BCUT2D eigenvalue weighted by molar-refractivity contribution is -0.467. The lowest BCUT2D eigenvalue weighted by Gasteiger charge is -2.01. The highest BCUT2D eigenvalue weighted by atomic mass is 16.6. The van der Waals surface area contributed by atoms with Crippen molar-refractivity contribution in [3.05, 3.63) is 39.9 Å². The van der Waals surface area contributed by atoms with E-state index in [2.05, 4.69) is 0 Å². The molecule has 0 radical (unpaired) electrons. The second-order valence-electron chi connectivity index (χ2n) is 2.99. The molecule has 0 spiro atoms. The summed E-state index contributed by atoms with van der Waals surface area (Å²) < 4.78 is 0. The van der Waals surface area contributed by atoms with Gasteiger partial charge in [0.05, 0.1) is 0 Å². The van der Waals surface area contributed by atoms with Crippen molar-refractivity contribution in [2.45, 2.75) is 0 Å². The molecular formula is C9H9N3O4. The van der Waals surface area contributed by atoms with Crippen LogP contribution in [0.3, 0.4) is 0 Å². The van der Waals surface area contributed by atoms with E-state index >= 15 is 0 Å². The van der Waals surface area contributed by atoms with Gasteiger partial charge in [-0.15, -0.1) is 0 Å². The van der Waals surface area contributed by atoms with Gasteiger partial charge in [-0.05, 0) is 24.3 Å². The Hall–Kier alpha value is -2.44. The quantitative estimate of drug-likeness (QED) is 0.418. The van der Waals surface area contributed by atoms with Crippen molar-refractivity contribution in [3.8, 4) is 0 Å². The highest BCUT2D eigenvalue weighted by Crippen LogP contribution is 2.04. The van der Waals surface area contributed by atoms with Gasteiger partial charge in [-0.3, -0.25) is 25.0 Å². The van der Waals surface area contributed by atoms with Crippen molar-refractivity contribution in [2.24, 2.45) is 0 Å². The minimum absolute atomic E-state index is 0.214. The van der Waals surface area contributed by atoms with Crippen LogP contribution in [0.15, 0.2) is 24.3 Å². The molecule has 0 atom stereocenters. The molecule has 1 aromatic carbocycles. The standard InChI is InChI=1S/C9H9N3O4/c10-7-3-1-6(2-4-7)9(14)11-8(13)5-12(15)16/h1-4H,5,10H2,(H,11,13,14). The van der Waals surface area contributed by atoms with Crippen LogP contribution in [0, 0.1) is 10.1 Å². The van der Waals surface area contributed by atoms with Crippen LogP contribution in [0.1, 0.15) is 10.4 Å². The van der Waals surface area contributed by atoms with Gasteiger partial charge in [0, 0.05) is 16.2 Å². The first-order valence-corrected chi connectivity index (χ1v) is 4.30. The minimum Gasteiger partial charge on any atom is -0.399 e. The topological polar surface area (TPSA) is 115 Å². The summed E-state index contributed by atoms with van der Waals surface area (Å²) >= 11 is 0. The Kier molecular flexibility index (Phi) is 3.54. The SMILES string of the molecule is Nc1ccc(C(=O)NC(=O)C[N+](=O)[O-])cc1. The zero-order valence-corrected chi connectivity index (χ0v) is 8.17. The average Bonchev–Trinajstić information content (AvgIpc) is 2.16. The Morgan fingerprint density at radius 2 is 1.88 bits per heavy atom. The van der Waals surface area contributed by atoms with Gasteiger partial charge in [-0.2, -0.15) is 0 Å². The summed E-state index contributed by atoms with van der Waals surface area (Å²) in [5, 5.41) is 11.9. The molecule has 7 nitrogen and oxygen atoms in total. The Morgan fingerprint density at radius 3 is 2.38 bits per heavy atom. The number of nitro groups is 1.